The second kappa shape index (κ2) is 7.51. The summed E-state index contributed by atoms with van der Waals surface area (Å²) in [7, 11) is 0. The lowest BCUT2D eigenvalue weighted by molar-refractivity contribution is -0.182. The molecule has 4 rings (SSSR count). The fourth-order valence-electron chi connectivity index (χ4n) is 3.40. The first-order valence-corrected chi connectivity index (χ1v) is 9.15. The molecule has 2 aliphatic heterocycles. The molecule has 30 heavy (non-hydrogen) atoms. The predicted octanol–water partition coefficient (Wildman–Crippen LogP) is 2.92. The summed E-state index contributed by atoms with van der Waals surface area (Å²) >= 11 is 0. The highest BCUT2D eigenvalue weighted by atomic mass is 19.4. The third-order valence-electron chi connectivity index (χ3n) is 5.08. The van der Waals surface area contributed by atoms with E-state index in [2.05, 4.69) is 10.4 Å². The maximum Gasteiger partial charge on any atom is 0.395 e. The minimum absolute atomic E-state index is 0.0487. The number of aryl methyl sites for hydroxylation is 1. The number of nitrogens with zero attached hydrogens (tertiary/aromatic N) is 3. The number of hydrogen-bond acceptors (Lipinski definition) is 5. The van der Waals surface area contributed by atoms with Gasteiger partial charge in [0.05, 0.1) is 23.6 Å². The van der Waals surface area contributed by atoms with E-state index in [-0.39, 0.29) is 42.3 Å². The summed E-state index contributed by atoms with van der Waals surface area (Å²) < 4.78 is 65.3. The van der Waals surface area contributed by atoms with E-state index in [1.165, 1.54) is 28.9 Å². The number of benzene rings is 1. The van der Waals surface area contributed by atoms with E-state index >= 15 is 0 Å². The average Bonchev–Trinajstić information content (AvgIpc) is 3.01. The Labute approximate surface area is 168 Å². The fraction of sp³-hybridized carbons (Fsp3) is 0.421. The molecule has 1 N–H and O–H groups in total. The van der Waals surface area contributed by atoms with Gasteiger partial charge in [0, 0.05) is 18.2 Å². The lowest BCUT2D eigenvalue weighted by Gasteiger charge is -2.29. The van der Waals surface area contributed by atoms with E-state index in [0.717, 1.165) is 0 Å². The Balaban J connectivity index is 1.45. The van der Waals surface area contributed by atoms with Crippen LogP contribution in [0.15, 0.2) is 24.3 Å². The molecule has 2 aliphatic rings. The number of carbonyl (C=O) groups is 1. The smallest absolute Gasteiger partial charge is 0.395 e. The zero-order valence-corrected chi connectivity index (χ0v) is 15.4. The molecular weight excluding hydrogens is 408 g/mol. The maximum absolute atomic E-state index is 14.9. The molecule has 7 nitrogen and oxygen atoms in total. The Bertz CT molecular complexity index is 989. The van der Waals surface area contributed by atoms with Gasteiger partial charge in [-0.05, 0) is 24.6 Å². The first-order valence-electron chi connectivity index (χ1n) is 9.15. The second-order valence-corrected chi connectivity index (χ2v) is 7.09. The van der Waals surface area contributed by atoms with Crippen molar-refractivity contribution in [1.29, 1.82) is 5.26 Å². The molecule has 1 aromatic heterocycles. The molecule has 158 valence electrons. The van der Waals surface area contributed by atoms with Crippen molar-refractivity contribution in [3.63, 3.8) is 0 Å². The number of fused-ring (bicyclic) bond motifs is 2. The topological polar surface area (TPSA) is 89.2 Å². The maximum atomic E-state index is 14.9. The SMILES string of the molecule is N#Cc1ccc2c(c1)C(F)[C@@H](NC(=O)c1cc3n(n1)CCC(C(F)(F)F)CO3)CO2. The summed E-state index contributed by atoms with van der Waals surface area (Å²) in [6.45, 7) is -0.740. The molecule has 0 radical (unpaired) electrons. The highest BCUT2D eigenvalue weighted by Crippen LogP contribution is 2.36. The Hall–Kier alpha value is -3.29. The van der Waals surface area contributed by atoms with Gasteiger partial charge in [-0.1, -0.05) is 0 Å². The minimum atomic E-state index is -4.37. The first-order chi connectivity index (χ1) is 14.3. The van der Waals surface area contributed by atoms with Crippen molar-refractivity contribution in [2.45, 2.75) is 31.4 Å². The zero-order valence-electron chi connectivity index (χ0n) is 15.4. The molecular formula is C19H16F4N4O3. The van der Waals surface area contributed by atoms with E-state index in [0.29, 0.717) is 5.75 Å². The Morgan fingerprint density at radius 1 is 1.27 bits per heavy atom. The number of carbonyl (C=O) groups excluding carboxylic acids is 1. The largest absolute Gasteiger partial charge is 0.491 e. The van der Waals surface area contributed by atoms with Crippen LogP contribution in [0.3, 0.4) is 0 Å². The second-order valence-electron chi connectivity index (χ2n) is 7.09. The molecule has 0 spiro atoms. The molecule has 2 aromatic rings. The molecule has 0 bridgehead atoms. The van der Waals surface area contributed by atoms with Crippen LogP contribution in [0.2, 0.25) is 0 Å². The summed E-state index contributed by atoms with van der Waals surface area (Å²) in [5, 5.41) is 15.5. The Morgan fingerprint density at radius 2 is 2.07 bits per heavy atom. The number of rotatable bonds is 2. The number of nitrogens with one attached hydrogen (secondary N) is 1. The number of aromatic nitrogens is 2. The predicted molar refractivity (Wildman–Crippen MR) is 93.6 cm³/mol. The van der Waals surface area contributed by atoms with Crippen LogP contribution in [0.5, 0.6) is 11.6 Å². The van der Waals surface area contributed by atoms with Gasteiger partial charge in [-0.25, -0.2) is 9.07 Å². The zero-order chi connectivity index (χ0) is 21.5. The van der Waals surface area contributed by atoms with E-state index in [1.54, 1.807) is 0 Å². The van der Waals surface area contributed by atoms with E-state index in [4.69, 9.17) is 14.7 Å². The molecule has 1 amide bonds. The van der Waals surface area contributed by atoms with Crippen LogP contribution in [-0.2, 0) is 6.54 Å². The van der Waals surface area contributed by atoms with Crippen molar-refractivity contribution in [2.24, 2.45) is 5.92 Å². The molecule has 1 aromatic carbocycles. The minimum Gasteiger partial charge on any atom is -0.491 e. The summed E-state index contributed by atoms with van der Waals surface area (Å²) in [5.74, 6) is -1.97. The van der Waals surface area contributed by atoms with E-state index in [1.807, 2.05) is 6.07 Å². The Morgan fingerprint density at radius 3 is 2.80 bits per heavy atom. The molecule has 2 unspecified atom stereocenters. The number of halogens is 4. The normalized spacial score (nSPS) is 23.1. The standard InChI is InChI=1S/C19H16F4N4O3/c20-17-12-5-10(7-24)1-2-15(12)29-9-14(17)25-18(28)13-6-16-27(26-13)4-3-11(8-30-16)19(21,22)23/h1-2,5-6,11,14,17H,3-4,8-9H2,(H,25,28)/t11?,14-,17?/m0/s1. The molecule has 0 aliphatic carbocycles. The van der Waals surface area contributed by atoms with Crippen LogP contribution < -0.4 is 14.8 Å². The van der Waals surface area contributed by atoms with Crippen LogP contribution >= 0.6 is 0 Å². The summed E-state index contributed by atoms with van der Waals surface area (Å²) in [6.07, 6.45) is -6.20. The lowest BCUT2D eigenvalue weighted by atomic mass is 9.98. The molecule has 0 saturated heterocycles. The third-order valence-corrected chi connectivity index (χ3v) is 5.08. The van der Waals surface area contributed by atoms with Crippen LogP contribution in [0.4, 0.5) is 17.6 Å². The summed E-state index contributed by atoms with van der Waals surface area (Å²) in [5.41, 5.74) is 0.325. The van der Waals surface area contributed by atoms with Gasteiger partial charge in [-0.3, -0.25) is 4.79 Å². The van der Waals surface area contributed by atoms with Crippen molar-refractivity contribution in [3.05, 3.63) is 41.1 Å². The van der Waals surface area contributed by atoms with Gasteiger partial charge < -0.3 is 14.8 Å². The number of nitriles is 1. The quantitative estimate of drug-likeness (QED) is 0.749. The van der Waals surface area contributed by atoms with Crippen molar-refractivity contribution in [3.8, 4) is 17.7 Å². The molecule has 0 saturated carbocycles. The van der Waals surface area contributed by atoms with Crippen molar-refractivity contribution in [1.82, 2.24) is 15.1 Å². The van der Waals surface area contributed by atoms with Crippen LogP contribution in [-0.4, -0.2) is 41.1 Å². The van der Waals surface area contributed by atoms with Crippen LogP contribution in [0.1, 0.15) is 34.2 Å². The lowest BCUT2D eigenvalue weighted by Crippen LogP contribution is -2.44. The third kappa shape index (κ3) is 3.77. The summed E-state index contributed by atoms with van der Waals surface area (Å²) in [6, 6.07) is 6.49. The molecule has 3 heterocycles. The van der Waals surface area contributed by atoms with E-state index in [9.17, 15) is 22.4 Å². The van der Waals surface area contributed by atoms with Gasteiger partial charge in [0.2, 0.25) is 5.88 Å². The number of hydrogen-bond donors (Lipinski definition) is 1. The van der Waals surface area contributed by atoms with Gasteiger partial charge >= 0.3 is 6.18 Å². The molecule has 11 heteroatoms. The Kier molecular flexibility index (Phi) is 5.01. The van der Waals surface area contributed by atoms with E-state index < -0.39 is 36.8 Å². The average molecular weight is 424 g/mol. The van der Waals surface area contributed by atoms with Crippen molar-refractivity contribution in [2.75, 3.05) is 13.2 Å². The highest BCUT2D eigenvalue weighted by Gasteiger charge is 2.41. The molecule has 3 atom stereocenters. The monoisotopic (exact) mass is 424 g/mol. The summed E-state index contributed by atoms with van der Waals surface area (Å²) in [4.78, 5) is 12.5. The highest BCUT2D eigenvalue weighted by molar-refractivity contribution is 5.92. The van der Waals surface area contributed by atoms with Gasteiger partial charge in [-0.2, -0.15) is 23.5 Å². The fourth-order valence-corrected chi connectivity index (χ4v) is 3.40. The number of ether oxygens (including phenoxy) is 2. The van der Waals surface area contributed by atoms with Gasteiger partial charge in [0.1, 0.15) is 19.0 Å². The van der Waals surface area contributed by atoms with Gasteiger partial charge in [0.15, 0.2) is 11.9 Å². The first kappa shape index (κ1) is 20.0. The van der Waals surface area contributed by atoms with Crippen LogP contribution in [0.25, 0.3) is 0 Å². The number of alkyl halides is 4. The van der Waals surface area contributed by atoms with Crippen LogP contribution in [0, 0.1) is 17.2 Å². The van der Waals surface area contributed by atoms with Crippen molar-refractivity contribution >= 4 is 5.91 Å². The molecule has 0 fully saturated rings. The number of amides is 1. The van der Waals surface area contributed by atoms with Crippen molar-refractivity contribution < 1.29 is 31.8 Å². The van der Waals surface area contributed by atoms with Gasteiger partial charge in [0.25, 0.3) is 5.91 Å². The van der Waals surface area contributed by atoms with Gasteiger partial charge in [-0.15, -0.1) is 0 Å².